The van der Waals surface area contributed by atoms with Crippen molar-refractivity contribution in [2.45, 2.75) is 11.5 Å². The molecule has 3 aromatic rings. The van der Waals surface area contributed by atoms with Crippen molar-refractivity contribution in [1.29, 1.82) is 0 Å². The van der Waals surface area contributed by atoms with Gasteiger partial charge in [0.25, 0.3) is 0 Å². The Hall–Kier alpha value is -2.16. The van der Waals surface area contributed by atoms with Crippen molar-refractivity contribution in [3.63, 3.8) is 0 Å². The van der Waals surface area contributed by atoms with E-state index in [-0.39, 0.29) is 40.2 Å². The summed E-state index contributed by atoms with van der Waals surface area (Å²) in [6, 6.07) is 15.9. The van der Waals surface area contributed by atoms with Crippen LogP contribution in [0.25, 0.3) is 10.8 Å². The van der Waals surface area contributed by atoms with Crippen LogP contribution in [0, 0.1) is 0 Å². The minimum absolute atomic E-state index is 0.0185. The molecule has 9 heteroatoms. The summed E-state index contributed by atoms with van der Waals surface area (Å²) in [6.07, 6.45) is 0. The van der Waals surface area contributed by atoms with Crippen molar-refractivity contribution in [3.05, 3.63) is 75.8 Å². The Morgan fingerprint density at radius 3 is 2.48 bits per heavy atom. The molecule has 4 rings (SSSR count). The lowest BCUT2D eigenvalue weighted by Crippen LogP contribution is -2.40. The largest absolute Gasteiger partial charge is 0.457 e. The summed E-state index contributed by atoms with van der Waals surface area (Å²) < 4.78 is 38.0. The molecule has 0 radical (unpaired) electrons. The maximum atomic E-state index is 13.0. The van der Waals surface area contributed by atoms with Gasteiger partial charge in [-0.1, -0.05) is 65.7 Å². The van der Waals surface area contributed by atoms with Gasteiger partial charge in [0.1, 0.15) is 11.5 Å². The van der Waals surface area contributed by atoms with E-state index in [0.29, 0.717) is 13.2 Å². The lowest BCUT2D eigenvalue weighted by molar-refractivity contribution is 0.0474. The molecule has 0 bridgehead atoms. The van der Waals surface area contributed by atoms with Crippen LogP contribution in [0.1, 0.15) is 15.9 Å². The molecule has 1 fully saturated rings. The summed E-state index contributed by atoms with van der Waals surface area (Å²) in [5, 5.41) is 1.96. The summed E-state index contributed by atoms with van der Waals surface area (Å²) in [5.74, 6) is -0.729. The summed E-state index contributed by atoms with van der Waals surface area (Å²) in [5.41, 5.74) is 0.774. The van der Waals surface area contributed by atoms with Gasteiger partial charge in [0.15, 0.2) is 0 Å². The van der Waals surface area contributed by atoms with Gasteiger partial charge >= 0.3 is 5.97 Å². The highest BCUT2D eigenvalue weighted by Gasteiger charge is 2.30. The number of morpholine rings is 1. The normalized spacial score (nSPS) is 15.2. The lowest BCUT2D eigenvalue weighted by Gasteiger charge is -2.26. The van der Waals surface area contributed by atoms with Crippen LogP contribution >= 0.6 is 23.2 Å². The molecular weight excluding hydrogens is 461 g/mol. The molecule has 1 saturated heterocycles. The second-order valence-electron chi connectivity index (χ2n) is 6.99. The Morgan fingerprint density at radius 1 is 1.00 bits per heavy atom. The number of esters is 1. The van der Waals surface area contributed by atoms with Gasteiger partial charge < -0.3 is 9.47 Å². The highest BCUT2D eigenvalue weighted by Crippen LogP contribution is 2.31. The number of hydrogen-bond donors (Lipinski definition) is 0. The van der Waals surface area contributed by atoms with Crippen molar-refractivity contribution < 1.29 is 22.7 Å². The number of ether oxygens (including phenoxy) is 2. The molecule has 0 aromatic heterocycles. The van der Waals surface area contributed by atoms with Crippen molar-refractivity contribution in [1.82, 2.24) is 4.31 Å². The van der Waals surface area contributed by atoms with Crippen LogP contribution in [0.15, 0.2) is 59.5 Å². The molecular formula is C22H19Cl2NO5S. The molecule has 1 heterocycles. The van der Waals surface area contributed by atoms with E-state index >= 15 is 0 Å². The fourth-order valence-corrected chi connectivity index (χ4v) is 5.68. The van der Waals surface area contributed by atoms with Crippen LogP contribution < -0.4 is 0 Å². The number of benzene rings is 3. The SMILES string of the molecule is O=C(OCc1cccc2ccccc12)c1cc(S(=O)(=O)N2CCOCC2)c(Cl)cc1Cl. The average Bonchev–Trinajstić information content (AvgIpc) is 2.78. The van der Waals surface area contributed by atoms with E-state index in [0.717, 1.165) is 16.3 Å². The van der Waals surface area contributed by atoms with E-state index in [1.54, 1.807) is 0 Å². The van der Waals surface area contributed by atoms with Crippen LogP contribution in [0.2, 0.25) is 10.0 Å². The number of carbonyl (C=O) groups is 1. The summed E-state index contributed by atoms with van der Waals surface area (Å²) >= 11 is 12.4. The number of fused-ring (bicyclic) bond motifs is 1. The van der Waals surface area contributed by atoms with Gasteiger partial charge in [-0.3, -0.25) is 0 Å². The number of rotatable bonds is 5. The lowest BCUT2D eigenvalue weighted by atomic mass is 10.1. The maximum absolute atomic E-state index is 13.0. The zero-order valence-corrected chi connectivity index (χ0v) is 18.7. The summed E-state index contributed by atoms with van der Waals surface area (Å²) in [4.78, 5) is 12.6. The van der Waals surface area contributed by atoms with Crippen LogP contribution in [-0.2, 0) is 26.1 Å². The number of carbonyl (C=O) groups excluding carboxylic acids is 1. The molecule has 6 nitrogen and oxygen atoms in total. The fourth-order valence-electron chi connectivity index (χ4n) is 3.45. The summed E-state index contributed by atoms with van der Waals surface area (Å²) in [7, 11) is -3.91. The Balaban J connectivity index is 1.60. The first kappa shape index (κ1) is 22.0. The zero-order chi connectivity index (χ0) is 22.0. The van der Waals surface area contributed by atoms with E-state index in [2.05, 4.69) is 0 Å². The monoisotopic (exact) mass is 479 g/mol. The van der Waals surface area contributed by atoms with Crippen molar-refractivity contribution in [3.8, 4) is 0 Å². The molecule has 0 spiro atoms. The molecule has 1 aliphatic rings. The minimum Gasteiger partial charge on any atom is -0.457 e. The molecule has 0 saturated carbocycles. The highest BCUT2D eigenvalue weighted by atomic mass is 35.5. The van der Waals surface area contributed by atoms with E-state index < -0.39 is 16.0 Å². The van der Waals surface area contributed by atoms with Crippen LogP contribution in [0.4, 0.5) is 0 Å². The van der Waals surface area contributed by atoms with Gasteiger partial charge in [0.05, 0.1) is 28.8 Å². The van der Waals surface area contributed by atoms with Gasteiger partial charge in [-0.05, 0) is 28.5 Å². The predicted octanol–water partition coefficient (Wildman–Crippen LogP) is 4.52. The Bertz CT molecular complexity index is 1230. The molecule has 0 amide bonds. The van der Waals surface area contributed by atoms with Crippen molar-refractivity contribution in [2.75, 3.05) is 26.3 Å². The smallest absolute Gasteiger partial charge is 0.340 e. The van der Waals surface area contributed by atoms with E-state index in [1.807, 2.05) is 42.5 Å². The van der Waals surface area contributed by atoms with Crippen molar-refractivity contribution in [2.24, 2.45) is 0 Å². The molecule has 3 aromatic carbocycles. The number of halogens is 2. The average molecular weight is 480 g/mol. The fraction of sp³-hybridized carbons (Fsp3) is 0.227. The second kappa shape index (κ2) is 9.14. The second-order valence-corrected chi connectivity index (χ2v) is 9.71. The number of nitrogens with zero attached hydrogens (tertiary/aromatic N) is 1. The first-order chi connectivity index (χ1) is 14.9. The van der Waals surface area contributed by atoms with E-state index in [9.17, 15) is 13.2 Å². The van der Waals surface area contributed by atoms with Crippen LogP contribution in [-0.4, -0.2) is 45.0 Å². The van der Waals surface area contributed by atoms with Gasteiger partial charge in [0.2, 0.25) is 10.0 Å². The molecule has 1 aliphatic heterocycles. The number of sulfonamides is 1. The minimum atomic E-state index is -3.91. The first-order valence-corrected chi connectivity index (χ1v) is 11.8. The third kappa shape index (κ3) is 4.56. The number of hydrogen-bond acceptors (Lipinski definition) is 5. The van der Waals surface area contributed by atoms with Crippen LogP contribution in [0.5, 0.6) is 0 Å². The zero-order valence-electron chi connectivity index (χ0n) is 16.4. The highest BCUT2D eigenvalue weighted by molar-refractivity contribution is 7.89. The Kier molecular flexibility index (Phi) is 6.50. The molecule has 31 heavy (non-hydrogen) atoms. The molecule has 0 unspecified atom stereocenters. The predicted molar refractivity (Wildman–Crippen MR) is 119 cm³/mol. The topological polar surface area (TPSA) is 72.9 Å². The van der Waals surface area contributed by atoms with Gasteiger partial charge in [-0.2, -0.15) is 4.31 Å². The van der Waals surface area contributed by atoms with Crippen LogP contribution in [0.3, 0.4) is 0 Å². The third-order valence-electron chi connectivity index (χ3n) is 5.07. The molecule has 0 N–H and O–H groups in total. The van der Waals surface area contributed by atoms with E-state index in [1.165, 1.54) is 16.4 Å². The van der Waals surface area contributed by atoms with Gasteiger partial charge in [-0.15, -0.1) is 0 Å². The molecule has 0 atom stereocenters. The molecule has 0 aliphatic carbocycles. The van der Waals surface area contributed by atoms with Gasteiger partial charge in [0, 0.05) is 13.1 Å². The Morgan fingerprint density at radius 2 is 1.71 bits per heavy atom. The van der Waals surface area contributed by atoms with Crippen molar-refractivity contribution >= 4 is 50.0 Å². The quantitative estimate of drug-likeness (QED) is 0.502. The van der Waals surface area contributed by atoms with E-state index in [4.69, 9.17) is 32.7 Å². The third-order valence-corrected chi connectivity index (χ3v) is 7.74. The maximum Gasteiger partial charge on any atom is 0.340 e. The summed E-state index contributed by atoms with van der Waals surface area (Å²) in [6.45, 7) is 1.03. The first-order valence-electron chi connectivity index (χ1n) is 9.58. The standard InChI is InChI=1S/C22H19Cl2NO5S/c23-19-13-20(24)21(31(27,28)25-8-10-29-11-9-25)12-18(19)22(26)30-14-16-6-3-5-15-4-1-2-7-17(15)16/h1-7,12-13H,8-11,14H2. The van der Waals surface area contributed by atoms with Gasteiger partial charge in [-0.25, -0.2) is 13.2 Å². The molecule has 162 valence electrons. The Labute approximate surface area is 190 Å².